The lowest BCUT2D eigenvalue weighted by Crippen LogP contribution is -2.36. The van der Waals surface area contributed by atoms with E-state index < -0.39 is 59.3 Å². The first-order valence-corrected chi connectivity index (χ1v) is 15.3. The highest BCUT2D eigenvalue weighted by Gasteiger charge is 2.22. The molecule has 0 aliphatic carbocycles. The summed E-state index contributed by atoms with van der Waals surface area (Å²) in [7, 11) is 0. The summed E-state index contributed by atoms with van der Waals surface area (Å²) >= 11 is 0. The van der Waals surface area contributed by atoms with Gasteiger partial charge in [-0.15, -0.1) is 0 Å². The lowest BCUT2D eigenvalue weighted by molar-refractivity contribution is -0.153. The van der Waals surface area contributed by atoms with Crippen LogP contribution in [0.5, 0.6) is 0 Å². The Hall–Kier alpha value is -4.90. The molecule has 0 saturated carbocycles. The number of hydrogen-bond acceptors (Lipinski definition) is 17. The Labute approximate surface area is 284 Å². The van der Waals surface area contributed by atoms with Crippen LogP contribution in [0.25, 0.3) is 0 Å². The van der Waals surface area contributed by atoms with Crippen molar-refractivity contribution in [3.8, 4) is 0 Å². The Bertz CT molecular complexity index is 1140. The van der Waals surface area contributed by atoms with Crippen LogP contribution in [-0.4, -0.2) is 112 Å². The quantitative estimate of drug-likeness (QED) is 0.0736. The monoisotopic (exact) mass is 705 g/mol. The molecule has 0 aromatic rings. The second-order valence-corrected chi connectivity index (χ2v) is 11.4. The minimum Gasteiger partial charge on any atom is -0.464 e. The summed E-state index contributed by atoms with van der Waals surface area (Å²) in [6, 6.07) is 0. The first kappa shape index (κ1) is 44.1. The van der Waals surface area contributed by atoms with Gasteiger partial charge in [0.1, 0.15) is 57.5 Å². The van der Waals surface area contributed by atoms with Crippen molar-refractivity contribution in [2.24, 2.45) is 0 Å². The Morgan fingerprint density at radius 1 is 0.551 bits per heavy atom. The molecule has 0 rings (SSSR count). The van der Waals surface area contributed by atoms with Crippen LogP contribution in [0.4, 0.5) is 9.59 Å². The van der Waals surface area contributed by atoms with E-state index in [9.17, 15) is 38.4 Å². The SMILES string of the molecule is CC(=O)OCCOC(=O)CCC(=O)OCCNC(=O)OC(C)(C)C/C=C/C(=O)OCCOC(=O)CCC(=O)OCCOC(=O)OC(C)(C)C. The number of carbonyl (C=O) groups is 8. The summed E-state index contributed by atoms with van der Waals surface area (Å²) < 4.78 is 43.9. The molecule has 1 N–H and O–H groups in total. The van der Waals surface area contributed by atoms with Crippen LogP contribution in [0.3, 0.4) is 0 Å². The third-order valence-electron chi connectivity index (χ3n) is 5.13. The topological polar surface area (TPSA) is 232 Å². The zero-order chi connectivity index (χ0) is 37.3. The minimum atomic E-state index is -1.02. The molecule has 0 radical (unpaired) electrons. The van der Waals surface area contributed by atoms with Crippen LogP contribution in [0, 0.1) is 0 Å². The van der Waals surface area contributed by atoms with Gasteiger partial charge in [-0.3, -0.25) is 24.0 Å². The van der Waals surface area contributed by atoms with Crippen molar-refractivity contribution in [2.75, 3.05) is 52.8 Å². The number of alkyl carbamates (subject to hydrolysis) is 1. The molecule has 0 aromatic heterocycles. The molecule has 0 unspecified atom stereocenters. The van der Waals surface area contributed by atoms with Crippen molar-refractivity contribution in [1.82, 2.24) is 5.32 Å². The van der Waals surface area contributed by atoms with Crippen LogP contribution in [0.2, 0.25) is 0 Å². The first-order valence-electron chi connectivity index (χ1n) is 15.3. The predicted octanol–water partition coefficient (Wildman–Crippen LogP) is 2.23. The largest absolute Gasteiger partial charge is 0.508 e. The number of ether oxygens (including phenoxy) is 9. The number of esters is 6. The Morgan fingerprint density at radius 2 is 0.980 bits per heavy atom. The molecule has 0 heterocycles. The molecule has 0 saturated heterocycles. The van der Waals surface area contributed by atoms with Crippen LogP contribution in [0.1, 0.15) is 73.6 Å². The highest BCUT2D eigenvalue weighted by molar-refractivity contribution is 5.82. The van der Waals surface area contributed by atoms with E-state index in [2.05, 4.69) is 10.1 Å². The molecule has 49 heavy (non-hydrogen) atoms. The number of nitrogens with one attached hydrogen (secondary N) is 1. The lowest BCUT2D eigenvalue weighted by atomic mass is 10.1. The average Bonchev–Trinajstić information content (AvgIpc) is 2.98. The smallest absolute Gasteiger partial charge is 0.464 e. The Morgan fingerprint density at radius 3 is 1.45 bits per heavy atom. The van der Waals surface area contributed by atoms with Gasteiger partial charge in [-0.25, -0.2) is 14.4 Å². The van der Waals surface area contributed by atoms with E-state index in [1.54, 1.807) is 34.6 Å². The highest BCUT2D eigenvalue weighted by atomic mass is 16.7. The molecule has 278 valence electrons. The van der Waals surface area contributed by atoms with Crippen LogP contribution >= 0.6 is 0 Å². The maximum atomic E-state index is 12.0. The maximum Gasteiger partial charge on any atom is 0.508 e. The third kappa shape index (κ3) is 29.0. The maximum absolute atomic E-state index is 12.0. The van der Waals surface area contributed by atoms with Gasteiger partial charge < -0.3 is 47.9 Å². The lowest BCUT2D eigenvalue weighted by Gasteiger charge is -2.23. The first-order chi connectivity index (χ1) is 22.9. The molecule has 0 fully saturated rings. The molecular weight excluding hydrogens is 658 g/mol. The molecule has 18 nitrogen and oxygen atoms in total. The van der Waals surface area contributed by atoms with Gasteiger partial charge in [0.25, 0.3) is 0 Å². The van der Waals surface area contributed by atoms with Gasteiger partial charge in [-0.1, -0.05) is 6.08 Å². The van der Waals surface area contributed by atoms with E-state index >= 15 is 0 Å². The van der Waals surface area contributed by atoms with E-state index in [0.29, 0.717) is 0 Å². The molecule has 0 bridgehead atoms. The zero-order valence-corrected chi connectivity index (χ0v) is 28.8. The van der Waals surface area contributed by atoms with E-state index in [0.717, 1.165) is 6.08 Å². The summed E-state index contributed by atoms with van der Waals surface area (Å²) in [5.41, 5.74) is -1.74. The zero-order valence-electron chi connectivity index (χ0n) is 28.8. The molecule has 0 aromatic carbocycles. The molecule has 0 atom stereocenters. The molecule has 0 spiro atoms. The second kappa shape index (κ2) is 24.3. The summed E-state index contributed by atoms with van der Waals surface area (Å²) in [6.45, 7) is 8.09. The minimum absolute atomic E-state index is 0.0584. The van der Waals surface area contributed by atoms with Crippen LogP contribution < -0.4 is 5.32 Å². The molecule has 0 aliphatic rings. The molecular formula is C31H47NO17. The van der Waals surface area contributed by atoms with Crippen molar-refractivity contribution in [3.05, 3.63) is 12.2 Å². The van der Waals surface area contributed by atoms with Crippen molar-refractivity contribution in [3.63, 3.8) is 0 Å². The second-order valence-electron chi connectivity index (χ2n) is 11.4. The number of hydrogen-bond donors (Lipinski definition) is 1. The number of amides is 1. The Kier molecular flexibility index (Phi) is 21.8. The van der Waals surface area contributed by atoms with Gasteiger partial charge in [-0.05, 0) is 34.6 Å². The van der Waals surface area contributed by atoms with Crippen LogP contribution in [0.15, 0.2) is 12.2 Å². The van der Waals surface area contributed by atoms with E-state index in [1.807, 2.05) is 0 Å². The van der Waals surface area contributed by atoms with Gasteiger partial charge in [0, 0.05) is 19.4 Å². The van der Waals surface area contributed by atoms with Gasteiger partial charge in [0.2, 0.25) is 0 Å². The predicted molar refractivity (Wildman–Crippen MR) is 164 cm³/mol. The number of rotatable bonds is 22. The van der Waals surface area contributed by atoms with Crippen molar-refractivity contribution >= 4 is 48.1 Å². The normalized spacial score (nSPS) is 11.1. The molecule has 0 aliphatic heterocycles. The van der Waals surface area contributed by atoms with E-state index in [-0.39, 0.29) is 84.9 Å². The van der Waals surface area contributed by atoms with Crippen molar-refractivity contribution in [2.45, 2.75) is 84.8 Å². The summed E-state index contributed by atoms with van der Waals surface area (Å²) in [5, 5.41) is 2.41. The van der Waals surface area contributed by atoms with E-state index in [1.165, 1.54) is 13.0 Å². The van der Waals surface area contributed by atoms with Crippen LogP contribution in [-0.2, 0) is 71.4 Å². The van der Waals surface area contributed by atoms with Gasteiger partial charge in [0.15, 0.2) is 0 Å². The Balaban J connectivity index is 3.99. The van der Waals surface area contributed by atoms with Gasteiger partial charge in [0.05, 0.1) is 32.2 Å². The van der Waals surface area contributed by atoms with Crippen molar-refractivity contribution in [1.29, 1.82) is 0 Å². The molecule has 18 heteroatoms. The van der Waals surface area contributed by atoms with Gasteiger partial charge in [-0.2, -0.15) is 0 Å². The summed E-state index contributed by atoms with van der Waals surface area (Å²) in [4.78, 5) is 92.6. The summed E-state index contributed by atoms with van der Waals surface area (Å²) in [6.07, 6.45) is -0.0112. The molecule has 1 amide bonds. The fourth-order valence-electron chi connectivity index (χ4n) is 3.03. The highest BCUT2D eigenvalue weighted by Crippen LogP contribution is 2.15. The summed E-state index contributed by atoms with van der Waals surface area (Å²) in [5.74, 6) is -3.98. The standard InChI is InChI=1S/C31H47NO17/c1-22(33)41-16-17-44-25(36)10-9-24(35)42-15-14-32-28(39)48-31(5,6)13-7-8-23(34)43-18-19-45-26(37)11-12-27(38)46-20-21-47-29(40)49-30(2,3)4/h7-8H,9-21H2,1-6H3,(H,32,39)/b8-7+. The fourth-order valence-corrected chi connectivity index (χ4v) is 3.03. The van der Waals surface area contributed by atoms with Crippen molar-refractivity contribution < 1.29 is 81.0 Å². The third-order valence-corrected chi connectivity index (χ3v) is 5.13. The van der Waals surface area contributed by atoms with Gasteiger partial charge >= 0.3 is 48.1 Å². The fraction of sp³-hybridized carbons (Fsp3) is 0.677. The van der Waals surface area contributed by atoms with E-state index in [4.69, 9.17) is 37.9 Å². The number of carbonyl (C=O) groups excluding carboxylic acids is 8. The average molecular weight is 706 g/mol.